The molecule has 3 aliphatic rings. The summed E-state index contributed by atoms with van der Waals surface area (Å²) in [6, 6.07) is 11.5. The number of carbonyl (C=O) groups is 7. The molecule has 2 aliphatic heterocycles. The van der Waals surface area contributed by atoms with Crippen molar-refractivity contribution in [3.63, 3.8) is 0 Å². The monoisotopic (exact) mass is 642 g/mol. The molecule has 0 spiro atoms. The normalized spacial score (nSPS) is 17.2. The molecule has 2 aromatic carbocycles. The Bertz CT molecular complexity index is 1780. The number of rotatable bonds is 12. The molecule has 0 bridgehead atoms. The van der Waals surface area contributed by atoms with E-state index in [-0.39, 0.29) is 96.8 Å². The van der Waals surface area contributed by atoms with E-state index in [2.05, 4.69) is 10.6 Å². The first kappa shape index (κ1) is 31.5. The lowest BCUT2D eigenvalue weighted by Crippen LogP contribution is -2.54. The standard InChI is InChI=1S/C33H30N4O10/c1-36-25(38)10-9-23(32(36)43)37-31(42)20-7-4-8-22(26(20)33(37)44)34-11-13-45-15-16-46-14-12-35-30(41)24-17-21-27(39)18-5-2-3-6-19(18)28(40)29(21)47-24/h2-8,17,23,34H,9-16H2,1H3,(H,35,41). The van der Waals surface area contributed by atoms with Crippen molar-refractivity contribution in [2.24, 2.45) is 0 Å². The van der Waals surface area contributed by atoms with Gasteiger partial charge in [-0.25, -0.2) is 0 Å². The van der Waals surface area contributed by atoms with Crippen LogP contribution in [0.5, 0.6) is 0 Å². The van der Waals surface area contributed by atoms with Gasteiger partial charge < -0.3 is 24.5 Å². The summed E-state index contributed by atoms with van der Waals surface area (Å²) in [6.07, 6.45) is 0.153. The lowest BCUT2D eigenvalue weighted by Gasteiger charge is -2.32. The lowest BCUT2D eigenvalue weighted by molar-refractivity contribution is -0.149. The predicted molar refractivity (Wildman–Crippen MR) is 162 cm³/mol. The first-order valence-corrected chi connectivity index (χ1v) is 15.0. The van der Waals surface area contributed by atoms with Gasteiger partial charge in [0.05, 0.1) is 43.1 Å². The number of nitrogens with zero attached hydrogens (tertiary/aromatic N) is 2. The number of piperidine rings is 1. The van der Waals surface area contributed by atoms with Crippen LogP contribution in [0.15, 0.2) is 52.9 Å². The predicted octanol–water partition coefficient (Wildman–Crippen LogP) is 1.67. The second-order valence-electron chi connectivity index (χ2n) is 11.0. The van der Waals surface area contributed by atoms with E-state index in [0.717, 1.165) is 9.80 Å². The van der Waals surface area contributed by atoms with E-state index in [0.29, 0.717) is 12.2 Å². The number of benzene rings is 2. The highest BCUT2D eigenvalue weighted by Gasteiger charge is 2.47. The summed E-state index contributed by atoms with van der Waals surface area (Å²) in [5, 5.41) is 5.72. The van der Waals surface area contributed by atoms with Crippen LogP contribution in [0, 0.1) is 0 Å². The molecule has 1 aliphatic carbocycles. The third kappa shape index (κ3) is 5.84. The van der Waals surface area contributed by atoms with E-state index in [1.165, 1.54) is 19.2 Å². The Labute approximate surface area is 268 Å². The quantitative estimate of drug-likeness (QED) is 0.169. The van der Waals surface area contributed by atoms with Crippen LogP contribution >= 0.6 is 0 Å². The second kappa shape index (κ2) is 13.1. The SMILES string of the molecule is CN1C(=O)CCC(N2C(=O)c3cccc(NCCOCCOCCNC(=O)c4cc5c(o4)C(=O)c4ccccc4C5=O)c3C2=O)C1=O. The lowest BCUT2D eigenvalue weighted by atomic mass is 9.89. The number of fused-ring (bicyclic) bond motifs is 3. The van der Waals surface area contributed by atoms with Gasteiger partial charge in [-0.05, 0) is 18.6 Å². The first-order chi connectivity index (χ1) is 22.7. The van der Waals surface area contributed by atoms with Crippen molar-refractivity contribution in [2.75, 3.05) is 51.9 Å². The molecule has 47 heavy (non-hydrogen) atoms. The molecule has 3 heterocycles. The minimum absolute atomic E-state index is 0.0585. The van der Waals surface area contributed by atoms with Crippen molar-refractivity contribution >= 4 is 46.8 Å². The summed E-state index contributed by atoms with van der Waals surface area (Å²) in [7, 11) is 1.34. The van der Waals surface area contributed by atoms with Crippen molar-refractivity contribution in [1.29, 1.82) is 0 Å². The molecule has 6 rings (SSSR count). The van der Waals surface area contributed by atoms with E-state index in [1.54, 1.807) is 36.4 Å². The summed E-state index contributed by atoms with van der Waals surface area (Å²) >= 11 is 0. The third-order valence-electron chi connectivity index (χ3n) is 8.17. The fraction of sp³-hybridized carbons (Fsp3) is 0.303. The van der Waals surface area contributed by atoms with E-state index in [4.69, 9.17) is 13.9 Å². The van der Waals surface area contributed by atoms with Crippen LogP contribution < -0.4 is 10.6 Å². The Balaban J connectivity index is 0.899. The molecule has 1 saturated heterocycles. The van der Waals surface area contributed by atoms with Crippen molar-refractivity contribution < 1.29 is 47.5 Å². The molecule has 14 nitrogen and oxygen atoms in total. The van der Waals surface area contributed by atoms with Gasteiger partial charge in [-0.15, -0.1) is 0 Å². The number of amides is 5. The maximum Gasteiger partial charge on any atom is 0.287 e. The van der Waals surface area contributed by atoms with Gasteiger partial charge in [0.15, 0.2) is 17.3 Å². The topological polar surface area (TPSA) is 182 Å². The molecule has 14 heteroatoms. The number of furan rings is 1. The number of imide groups is 2. The second-order valence-corrected chi connectivity index (χ2v) is 11.0. The Morgan fingerprint density at radius 3 is 2.26 bits per heavy atom. The number of hydrogen-bond donors (Lipinski definition) is 2. The number of likely N-dealkylation sites (tertiary alicyclic amines) is 1. The number of anilines is 1. The van der Waals surface area contributed by atoms with Crippen molar-refractivity contribution in [3.8, 4) is 0 Å². The number of hydrogen-bond acceptors (Lipinski definition) is 11. The first-order valence-electron chi connectivity index (χ1n) is 15.0. The molecule has 1 fully saturated rings. The molecule has 0 saturated carbocycles. The van der Waals surface area contributed by atoms with Gasteiger partial charge in [-0.3, -0.25) is 43.4 Å². The van der Waals surface area contributed by atoms with Gasteiger partial charge in [0.1, 0.15) is 6.04 Å². The molecule has 1 unspecified atom stereocenters. The van der Waals surface area contributed by atoms with Gasteiger partial charge >= 0.3 is 0 Å². The zero-order valence-electron chi connectivity index (χ0n) is 25.3. The van der Waals surface area contributed by atoms with E-state index < -0.39 is 35.5 Å². The third-order valence-corrected chi connectivity index (χ3v) is 8.17. The van der Waals surface area contributed by atoms with Gasteiger partial charge in [-0.1, -0.05) is 30.3 Å². The van der Waals surface area contributed by atoms with Crippen LogP contribution in [0.2, 0.25) is 0 Å². The summed E-state index contributed by atoms with van der Waals surface area (Å²) in [6.45, 7) is 1.38. The van der Waals surface area contributed by atoms with Gasteiger partial charge in [-0.2, -0.15) is 0 Å². The zero-order chi connectivity index (χ0) is 33.2. The maximum absolute atomic E-state index is 13.3. The molecule has 1 aromatic heterocycles. The number of carbonyl (C=O) groups excluding carboxylic acids is 7. The number of nitrogens with one attached hydrogen (secondary N) is 2. The Morgan fingerprint density at radius 2 is 1.51 bits per heavy atom. The van der Waals surface area contributed by atoms with Crippen LogP contribution in [0.1, 0.15) is 76.2 Å². The highest BCUT2D eigenvalue weighted by molar-refractivity contribution is 6.28. The summed E-state index contributed by atoms with van der Waals surface area (Å²) in [4.78, 5) is 90.7. The average Bonchev–Trinajstić information content (AvgIpc) is 3.64. The highest BCUT2D eigenvalue weighted by atomic mass is 16.5. The molecule has 1 atom stereocenters. The zero-order valence-corrected chi connectivity index (χ0v) is 25.3. The number of ketones is 2. The van der Waals surface area contributed by atoms with E-state index in [9.17, 15) is 33.6 Å². The molecular weight excluding hydrogens is 612 g/mol. The van der Waals surface area contributed by atoms with Crippen molar-refractivity contribution in [1.82, 2.24) is 15.1 Å². The molecule has 242 valence electrons. The van der Waals surface area contributed by atoms with Crippen LogP contribution in [0.4, 0.5) is 5.69 Å². The van der Waals surface area contributed by atoms with Crippen molar-refractivity contribution in [2.45, 2.75) is 18.9 Å². The average molecular weight is 643 g/mol. The maximum atomic E-state index is 13.3. The van der Waals surface area contributed by atoms with Crippen LogP contribution in [-0.4, -0.2) is 104 Å². The fourth-order valence-corrected chi connectivity index (χ4v) is 5.76. The Kier molecular flexibility index (Phi) is 8.78. The largest absolute Gasteiger partial charge is 0.447 e. The molecular formula is C33H30N4O10. The van der Waals surface area contributed by atoms with Crippen LogP contribution in [0.3, 0.4) is 0 Å². The Hall–Kier alpha value is -5.47. The number of ether oxygens (including phenoxy) is 2. The molecule has 5 amide bonds. The van der Waals surface area contributed by atoms with E-state index in [1.807, 2.05) is 0 Å². The summed E-state index contributed by atoms with van der Waals surface area (Å²) in [5.41, 5.74) is 1.36. The van der Waals surface area contributed by atoms with Crippen LogP contribution in [0.25, 0.3) is 0 Å². The Morgan fingerprint density at radius 1 is 0.830 bits per heavy atom. The van der Waals surface area contributed by atoms with Gasteiger partial charge in [0.25, 0.3) is 23.6 Å². The van der Waals surface area contributed by atoms with Gasteiger partial charge in [0.2, 0.25) is 11.7 Å². The molecule has 0 radical (unpaired) electrons. The number of likely N-dealkylation sites (N-methyl/N-ethyl adjacent to an activating group) is 1. The minimum atomic E-state index is -1.03. The van der Waals surface area contributed by atoms with Gasteiger partial charge in [0, 0.05) is 49.4 Å². The highest BCUT2D eigenvalue weighted by Crippen LogP contribution is 2.33. The minimum Gasteiger partial charge on any atom is -0.447 e. The summed E-state index contributed by atoms with van der Waals surface area (Å²) < 4.78 is 16.5. The van der Waals surface area contributed by atoms with Crippen LogP contribution in [-0.2, 0) is 19.1 Å². The smallest absolute Gasteiger partial charge is 0.287 e. The molecule has 3 aromatic rings. The summed E-state index contributed by atoms with van der Waals surface area (Å²) in [5.74, 6) is -3.79. The molecule has 2 N–H and O–H groups in total. The van der Waals surface area contributed by atoms with E-state index >= 15 is 0 Å². The fourth-order valence-electron chi connectivity index (χ4n) is 5.76. The van der Waals surface area contributed by atoms with Crippen molar-refractivity contribution in [3.05, 3.63) is 87.9 Å².